The van der Waals surface area contributed by atoms with Crippen molar-refractivity contribution in [2.45, 2.75) is 37.1 Å². The molecule has 0 aliphatic carbocycles. The number of aromatic nitrogens is 1. The lowest BCUT2D eigenvalue weighted by atomic mass is 10.1. The second-order valence-corrected chi connectivity index (χ2v) is 9.87. The van der Waals surface area contributed by atoms with Gasteiger partial charge in [-0.1, -0.05) is 0 Å². The molecule has 0 fully saturated rings. The fourth-order valence-corrected chi connectivity index (χ4v) is 4.96. The molecule has 0 atom stereocenters. The third kappa shape index (κ3) is 4.30. The fraction of sp³-hybridized carbons (Fsp3) is 0.318. The molecule has 8 nitrogen and oxygen atoms in total. The van der Waals surface area contributed by atoms with Gasteiger partial charge >= 0.3 is 12.1 Å². The number of nitrogens with zero attached hydrogens (tertiary/aromatic N) is 1. The SMILES string of the molecule is CC(C)(OCc1cc2cc(C(F)(F)F)ccc2n1S(=O)(=O)c1ccc2c(c1)OCCO2)C(=O)O. The number of alkyl halides is 3. The molecule has 182 valence electrons. The lowest BCUT2D eigenvalue weighted by molar-refractivity contribution is -0.162. The molecule has 0 unspecified atom stereocenters. The number of carboxylic acids is 1. The number of benzene rings is 2. The van der Waals surface area contributed by atoms with Crippen LogP contribution in [0.2, 0.25) is 0 Å². The van der Waals surface area contributed by atoms with Gasteiger partial charge in [-0.25, -0.2) is 17.2 Å². The Kier molecular flexibility index (Phi) is 5.76. The van der Waals surface area contributed by atoms with Crippen molar-refractivity contribution in [3.05, 3.63) is 53.7 Å². The molecule has 0 bridgehead atoms. The third-order valence-electron chi connectivity index (χ3n) is 5.30. The highest BCUT2D eigenvalue weighted by Crippen LogP contribution is 2.36. The van der Waals surface area contributed by atoms with E-state index in [1.54, 1.807) is 0 Å². The van der Waals surface area contributed by atoms with E-state index in [-0.39, 0.29) is 33.8 Å². The molecule has 34 heavy (non-hydrogen) atoms. The number of carboxylic acid groups (broad SMARTS) is 1. The molecule has 2 aromatic carbocycles. The van der Waals surface area contributed by atoms with Crippen LogP contribution in [0.15, 0.2) is 47.4 Å². The Hall–Kier alpha value is -3.25. The van der Waals surface area contributed by atoms with Crippen LogP contribution in [-0.4, -0.2) is 42.3 Å². The van der Waals surface area contributed by atoms with Crippen molar-refractivity contribution >= 4 is 26.9 Å². The van der Waals surface area contributed by atoms with E-state index >= 15 is 0 Å². The first-order chi connectivity index (χ1) is 15.8. The van der Waals surface area contributed by atoms with Crippen molar-refractivity contribution in [2.24, 2.45) is 0 Å². The van der Waals surface area contributed by atoms with Gasteiger partial charge in [0, 0.05) is 11.5 Å². The topological polar surface area (TPSA) is 104 Å². The second-order valence-electron chi connectivity index (χ2n) is 8.09. The van der Waals surface area contributed by atoms with Crippen molar-refractivity contribution in [1.82, 2.24) is 3.97 Å². The van der Waals surface area contributed by atoms with Gasteiger partial charge in [0.05, 0.1) is 28.3 Å². The minimum absolute atomic E-state index is 0.00248. The number of hydrogen-bond donors (Lipinski definition) is 1. The van der Waals surface area contributed by atoms with E-state index in [4.69, 9.17) is 14.2 Å². The maximum absolute atomic E-state index is 13.6. The van der Waals surface area contributed by atoms with Crippen LogP contribution in [0.5, 0.6) is 11.5 Å². The zero-order valence-electron chi connectivity index (χ0n) is 18.0. The van der Waals surface area contributed by atoms with Crippen LogP contribution in [0.4, 0.5) is 13.2 Å². The van der Waals surface area contributed by atoms with Crippen molar-refractivity contribution in [3.63, 3.8) is 0 Å². The van der Waals surface area contributed by atoms with Crippen LogP contribution in [0, 0.1) is 0 Å². The second kappa shape index (κ2) is 8.20. The van der Waals surface area contributed by atoms with Gasteiger partial charge in [0.25, 0.3) is 10.0 Å². The summed E-state index contributed by atoms with van der Waals surface area (Å²) in [6.45, 7) is 2.61. The molecule has 0 amide bonds. The molecule has 1 aliphatic rings. The molecule has 0 saturated carbocycles. The molecule has 3 aromatic rings. The Bertz CT molecular complexity index is 1380. The molecular formula is C22H20F3NO7S. The number of hydrogen-bond acceptors (Lipinski definition) is 6. The van der Waals surface area contributed by atoms with Gasteiger partial charge in [-0.05, 0) is 50.2 Å². The van der Waals surface area contributed by atoms with E-state index in [1.165, 1.54) is 38.1 Å². The molecule has 12 heteroatoms. The van der Waals surface area contributed by atoms with Gasteiger partial charge in [-0.2, -0.15) is 13.2 Å². The van der Waals surface area contributed by atoms with E-state index in [1.807, 2.05) is 0 Å². The minimum Gasteiger partial charge on any atom is -0.486 e. The lowest BCUT2D eigenvalue weighted by Crippen LogP contribution is -2.34. The maximum atomic E-state index is 13.6. The van der Waals surface area contributed by atoms with E-state index in [0.717, 1.165) is 22.2 Å². The van der Waals surface area contributed by atoms with Gasteiger partial charge in [0.2, 0.25) is 0 Å². The monoisotopic (exact) mass is 499 g/mol. The van der Waals surface area contributed by atoms with Gasteiger partial charge < -0.3 is 19.3 Å². The first-order valence-corrected chi connectivity index (χ1v) is 11.5. The van der Waals surface area contributed by atoms with Crippen LogP contribution in [0.3, 0.4) is 0 Å². The number of halogens is 3. The first-order valence-electron chi connectivity index (χ1n) is 10.0. The van der Waals surface area contributed by atoms with E-state index in [9.17, 15) is 31.5 Å². The molecule has 0 saturated heterocycles. The summed E-state index contributed by atoms with van der Waals surface area (Å²) in [6.07, 6.45) is -4.63. The number of aliphatic carboxylic acids is 1. The summed E-state index contributed by atoms with van der Waals surface area (Å²) in [5.74, 6) is -0.707. The average molecular weight is 499 g/mol. The number of rotatable bonds is 6. The summed E-state index contributed by atoms with van der Waals surface area (Å²) >= 11 is 0. The van der Waals surface area contributed by atoms with Crippen molar-refractivity contribution in [1.29, 1.82) is 0 Å². The fourth-order valence-electron chi connectivity index (χ4n) is 3.41. The molecule has 4 rings (SSSR count). The van der Waals surface area contributed by atoms with Crippen molar-refractivity contribution in [2.75, 3.05) is 13.2 Å². The quantitative estimate of drug-likeness (QED) is 0.546. The zero-order chi connectivity index (χ0) is 24.9. The first kappa shape index (κ1) is 23.9. The molecule has 1 aromatic heterocycles. The van der Waals surface area contributed by atoms with E-state index in [2.05, 4.69) is 0 Å². The summed E-state index contributed by atoms with van der Waals surface area (Å²) in [6, 6.07) is 7.90. The number of ether oxygens (including phenoxy) is 3. The smallest absolute Gasteiger partial charge is 0.416 e. The molecule has 0 radical (unpaired) electrons. The Morgan fingerprint density at radius 3 is 2.38 bits per heavy atom. The van der Waals surface area contributed by atoms with Gasteiger partial charge in [-0.15, -0.1) is 0 Å². The van der Waals surface area contributed by atoms with Crippen LogP contribution >= 0.6 is 0 Å². The maximum Gasteiger partial charge on any atom is 0.416 e. The third-order valence-corrected chi connectivity index (χ3v) is 7.07. The zero-order valence-corrected chi connectivity index (χ0v) is 18.9. The summed E-state index contributed by atoms with van der Waals surface area (Å²) in [5.41, 5.74) is -2.68. The van der Waals surface area contributed by atoms with Crippen LogP contribution in [-0.2, 0) is 32.3 Å². The predicted octanol–water partition coefficient (Wildman–Crippen LogP) is 4.05. The Balaban J connectivity index is 1.87. The molecule has 1 N–H and O–H groups in total. The summed E-state index contributed by atoms with van der Waals surface area (Å²) in [7, 11) is -4.35. The Morgan fingerprint density at radius 2 is 1.74 bits per heavy atom. The highest BCUT2D eigenvalue weighted by atomic mass is 32.2. The standard InChI is InChI=1S/C22H20F3NO7S/c1-21(2,20(27)28)33-12-15-10-13-9-14(22(23,24)25)3-5-17(13)26(15)34(29,30)16-4-6-18-19(11-16)32-8-7-31-18/h3-6,9-11H,7-8,12H2,1-2H3,(H,27,28). The van der Waals surface area contributed by atoms with Gasteiger partial charge in [0.15, 0.2) is 17.1 Å². The van der Waals surface area contributed by atoms with Gasteiger partial charge in [0.1, 0.15) is 13.2 Å². The highest BCUT2D eigenvalue weighted by molar-refractivity contribution is 7.90. The molecule has 2 heterocycles. The highest BCUT2D eigenvalue weighted by Gasteiger charge is 2.33. The van der Waals surface area contributed by atoms with Gasteiger partial charge in [-0.3, -0.25) is 0 Å². The Labute approximate surface area is 192 Å². The van der Waals surface area contributed by atoms with E-state index in [0.29, 0.717) is 12.4 Å². The molecule has 0 spiro atoms. The average Bonchev–Trinajstić information content (AvgIpc) is 3.15. The largest absolute Gasteiger partial charge is 0.486 e. The summed E-state index contributed by atoms with van der Waals surface area (Å²) in [4.78, 5) is 11.2. The van der Waals surface area contributed by atoms with Crippen molar-refractivity contribution in [3.8, 4) is 11.5 Å². The lowest BCUT2D eigenvalue weighted by Gasteiger charge is -2.21. The Morgan fingerprint density at radius 1 is 1.06 bits per heavy atom. The van der Waals surface area contributed by atoms with E-state index < -0.39 is 39.9 Å². The summed E-state index contributed by atoms with van der Waals surface area (Å²) in [5, 5.41) is 9.31. The molecule has 1 aliphatic heterocycles. The van der Waals surface area contributed by atoms with Crippen LogP contribution < -0.4 is 9.47 Å². The van der Waals surface area contributed by atoms with Crippen LogP contribution in [0.25, 0.3) is 10.9 Å². The number of fused-ring (bicyclic) bond motifs is 2. The minimum atomic E-state index is -4.63. The summed E-state index contributed by atoms with van der Waals surface area (Å²) < 4.78 is 84.1. The number of carbonyl (C=O) groups is 1. The van der Waals surface area contributed by atoms with Crippen LogP contribution in [0.1, 0.15) is 25.1 Å². The predicted molar refractivity (Wildman–Crippen MR) is 113 cm³/mol. The molecular weight excluding hydrogens is 479 g/mol. The normalized spacial score (nSPS) is 14.4. The van der Waals surface area contributed by atoms with Crippen molar-refractivity contribution < 1.29 is 45.7 Å².